The van der Waals surface area contributed by atoms with Gasteiger partial charge in [-0.05, 0) is 37.3 Å². The fourth-order valence-corrected chi connectivity index (χ4v) is 3.24. The van der Waals surface area contributed by atoms with E-state index in [-0.39, 0.29) is 0 Å². The summed E-state index contributed by atoms with van der Waals surface area (Å²) in [4.78, 5) is 4.41. The second-order valence-electron chi connectivity index (χ2n) is 5.80. The molecule has 20 heavy (non-hydrogen) atoms. The largest absolute Gasteiger partial charge is 0.338 e. The van der Waals surface area contributed by atoms with Crippen LogP contribution in [-0.2, 0) is 13.5 Å². The fraction of sp³-hybridized carbons (Fsp3) is 0.471. The molecule has 1 N–H and O–H groups in total. The van der Waals surface area contributed by atoms with Crippen LogP contribution in [0.25, 0.3) is 0 Å². The standard InChI is InChI=1S/C17H23N3/c1-18-16(8-9-17-19-10-11-20(17)2)15-12-14(15)13-6-4-3-5-7-13/h3-7,10-11,14-16,18H,8-9,12H2,1-2H3. The Hall–Kier alpha value is -1.61. The van der Waals surface area contributed by atoms with Crippen LogP contribution in [0, 0.1) is 5.92 Å². The molecule has 0 aliphatic heterocycles. The lowest BCUT2D eigenvalue weighted by atomic mass is 10.0. The van der Waals surface area contributed by atoms with Gasteiger partial charge in [0, 0.05) is 31.9 Å². The molecule has 1 aromatic carbocycles. The Balaban J connectivity index is 1.57. The Morgan fingerprint density at radius 1 is 1.35 bits per heavy atom. The number of nitrogens with zero attached hydrogens (tertiary/aromatic N) is 2. The molecule has 3 rings (SSSR count). The molecular formula is C17H23N3. The lowest BCUT2D eigenvalue weighted by Gasteiger charge is -2.16. The van der Waals surface area contributed by atoms with Crippen molar-refractivity contribution in [3.8, 4) is 0 Å². The number of aryl methyl sites for hydroxylation is 2. The third-order valence-electron chi connectivity index (χ3n) is 4.56. The van der Waals surface area contributed by atoms with Crippen LogP contribution in [0.5, 0.6) is 0 Å². The molecule has 3 heteroatoms. The van der Waals surface area contributed by atoms with E-state index in [4.69, 9.17) is 0 Å². The number of imidazole rings is 1. The van der Waals surface area contributed by atoms with Gasteiger partial charge in [-0.15, -0.1) is 0 Å². The van der Waals surface area contributed by atoms with E-state index in [0.717, 1.165) is 24.7 Å². The zero-order chi connectivity index (χ0) is 13.9. The van der Waals surface area contributed by atoms with Gasteiger partial charge in [0.05, 0.1) is 0 Å². The molecule has 0 saturated heterocycles. The van der Waals surface area contributed by atoms with Crippen LogP contribution in [0.1, 0.15) is 30.1 Å². The van der Waals surface area contributed by atoms with E-state index in [1.807, 2.05) is 12.4 Å². The first-order valence-electron chi connectivity index (χ1n) is 7.48. The molecule has 0 spiro atoms. The molecule has 106 valence electrons. The summed E-state index contributed by atoms with van der Waals surface area (Å²) in [7, 11) is 4.16. The van der Waals surface area contributed by atoms with E-state index in [2.05, 4.69) is 59.3 Å². The van der Waals surface area contributed by atoms with Crippen LogP contribution in [0.4, 0.5) is 0 Å². The van der Waals surface area contributed by atoms with Gasteiger partial charge in [-0.1, -0.05) is 30.3 Å². The first kappa shape index (κ1) is 13.4. The molecule has 1 aliphatic rings. The van der Waals surface area contributed by atoms with Crippen LogP contribution < -0.4 is 5.32 Å². The summed E-state index contributed by atoms with van der Waals surface area (Å²) < 4.78 is 2.12. The smallest absolute Gasteiger partial charge is 0.108 e. The highest BCUT2D eigenvalue weighted by molar-refractivity contribution is 5.26. The highest BCUT2D eigenvalue weighted by Gasteiger charge is 2.42. The minimum Gasteiger partial charge on any atom is -0.338 e. The molecule has 1 heterocycles. The number of hydrogen-bond acceptors (Lipinski definition) is 2. The van der Waals surface area contributed by atoms with Crippen molar-refractivity contribution in [2.75, 3.05) is 7.05 Å². The molecule has 3 unspecified atom stereocenters. The van der Waals surface area contributed by atoms with Crippen molar-refractivity contribution in [2.45, 2.75) is 31.2 Å². The second-order valence-corrected chi connectivity index (χ2v) is 5.80. The van der Waals surface area contributed by atoms with Crippen LogP contribution in [-0.4, -0.2) is 22.6 Å². The number of nitrogens with one attached hydrogen (secondary N) is 1. The maximum absolute atomic E-state index is 4.41. The zero-order valence-corrected chi connectivity index (χ0v) is 12.3. The van der Waals surface area contributed by atoms with E-state index in [1.54, 1.807) is 0 Å². The number of benzene rings is 1. The highest BCUT2D eigenvalue weighted by atomic mass is 15.0. The predicted molar refractivity (Wildman–Crippen MR) is 81.7 cm³/mol. The quantitative estimate of drug-likeness (QED) is 0.874. The third kappa shape index (κ3) is 2.78. The molecule has 0 amide bonds. The Morgan fingerprint density at radius 3 is 2.80 bits per heavy atom. The van der Waals surface area contributed by atoms with Crippen LogP contribution in [0.2, 0.25) is 0 Å². The minimum atomic E-state index is 0.594. The fourth-order valence-electron chi connectivity index (χ4n) is 3.24. The van der Waals surface area contributed by atoms with E-state index in [1.165, 1.54) is 17.8 Å². The molecule has 0 bridgehead atoms. The molecule has 2 aromatic rings. The minimum absolute atomic E-state index is 0.594. The Morgan fingerprint density at radius 2 is 2.15 bits per heavy atom. The molecule has 3 atom stereocenters. The van der Waals surface area contributed by atoms with Gasteiger partial charge >= 0.3 is 0 Å². The molecule has 1 fully saturated rings. The number of aromatic nitrogens is 2. The van der Waals surface area contributed by atoms with Crippen LogP contribution >= 0.6 is 0 Å². The molecule has 0 radical (unpaired) electrons. The van der Waals surface area contributed by atoms with Gasteiger partial charge in [0.1, 0.15) is 5.82 Å². The summed E-state index contributed by atoms with van der Waals surface area (Å²) in [5.41, 5.74) is 1.50. The van der Waals surface area contributed by atoms with Crippen molar-refractivity contribution in [3.05, 3.63) is 54.1 Å². The van der Waals surface area contributed by atoms with Crippen molar-refractivity contribution in [3.63, 3.8) is 0 Å². The summed E-state index contributed by atoms with van der Waals surface area (Å²) in [5.74, 6) is 2.71. The Kier molecular flexibility index (Phi) is 3.88. The van der Waals surface area contributed by atoms with Crippen molar-refractivity contribution >= 4 is 0 Å². The van der Waals surface area contributed by atoms with Gasteiger partial charge in [0.2, 0.25) is 0 Å². The average molecular weight is 269 g/mol. The van der Waals surface area contributed by atoms with Crippen molar-refractivity contribution in [1.82, 2.24) is 14.9 Å². The van der Waals surface area contributed by atoms with Gasteiger partial charge < -0.3 is 9.88 Å². The summed E-state index contributed by atoms with van der Waals surface area (Å²) >= 11 is 0. The van der Waals surface area contributed by atoms with Crippen molar-refractivity contribution in [1.29, 1.82) is 0 Å². The SMILES string of the molecule is CNC(CCc1nccn1C)C1CC1c1ccccc1. The van der Waals surface area contributed by atoms with E-state index < -0.39 is 0 Å². The van der Waals surface area contributed by atoms with Gasteiger partial charge in [-0.25, -0.2) is 4.98 Å². The first-order valence-corrected chi connectivity index (χ1v) is 7.48. The van der Waals surface area contributed by atoms with Gasteiger partial charge in [0.15, 0.2) is 0 Å². The molecule has 1 aromatic heterocycles. The van der Waals surface area contributed by atoms with Crippen molar-refractivity contribution < 1.29 is 0 Å². The molecular weight excluding hydrogens is 246 g/mol. The van der Waals surface area contributed by atoms with Gasteiger partial charge in [-0.2, -0.15) is 0 Å². The lowest BCUT2D eigenvalue weighted by Crippen LogP contribution is -2.29. The Bertz CT molecular complexity index is 546. The topological polar surface area (TPSA) is 29.9 Å². The highest BCUT2D eigenvalue weighted by Crippen LogP contribution is 2.50. The summed E-state index contributed by atoms with van der Waals surface area (Å²) in [6.45, 7) is 0. The average Bonchev–Trinajstić information content (AvgIpc) is 3.17. The summed E-state index contributed by atoms with van der Waals surface area (Å²) in [6.07, 6.45) is 7.43. The summed E-state index contributed by atoms with van der Waals surface area (Å²) in [5, 5.41) is 3.51. The van der Waals surface area contributed by atoms with Crippen LogP contribution in [0.3, 0.4) is 0 Å². The zero-order valence-electron chi connectivity index (χ0n) is 12.3. The van der Waals surface area contributed by atoms with E-state index in [9.17, 15) is 0 Å². The monoisotopic (exact) mass is 269 g/mol. The van der Waals surface area contributed by atoms with E-state index in [0.29, 0.717) is 6.04 Å². The lowest BCUT2D eigenvalue weighted by molar-refractivity contribution is 0.456. The molecule has 3 nitrogen and oxygen atoms in total. The van der Waals surface area contributed by atoms with E-state index >= 15 is 0 Å². The summed E-state index contributed by atoms with van der Waals surface area (Å²) in [6, 6.07) is 11.5. The molecule has 1 aliphatic carbocycles. The third-order valence-corrected chi connectivity index (χ3v) is 4.56. The maximum Gasteiger partial charge on any atom is 0.108 e. The first-order chi connectivity index (χ1) is 9.79. The van der Waals surface area contributed by atoms with Gasteiger partial charge in [-0.3, -0.25) is 0 Å². The molecule has 1 saturated carbocycles. The predicted octanol–water partition coefficient (Wildman–Crippen LogP) is 2.74. The Labute approximate surface area is 121 Å². The normalized spacial score (nSPS) is 22.7. The number of hydrogen-bond donors (Lipinski definition) is 1. The number of rotatable bonds is 6. The van der Waals surface area contributed by atoms with Gasteiger partial charge in [0.25, 0.3) is 0 Å². The second kappa shape index (κ2) is 5.80. The maximum atomic E-state index is 4.41. The van der Waals surface area contributed by atoms with Crippen LogP contribution in [0.15, 0.2) is 42.7 Å². The van der Waals surface area contributed by atoms with Crippen molar-refractivity contribution in [2.24, 2.45) is 13.0 Å².